The predicted molar refractivity (Wildman–Crippen MR) is 84.1 cm³/mol. The lowest BCUT2D eigenvalue weighted by Crippen LogP contribution is -2.42. The van der Waals surface area contributed by atoms with Crippen LogP contribution >= 0.6 is 11.6 Å². The van der Waals surface area contributed by atoms with Gasteiger partial charge in [0.25, 0.3) is 5.91 Å². The quantitative estimate of drug-likeness (QED) is 0.906. The number of H-pyrrole nitrogens is 1. The van der Waals surface area contributed by atoms with Crippen molar-refractivity contribution >= 4 is 23.2 Å². The fourth-order valence-corrected chi connectivity index (χ4v) is 3.05. The maximum atomic E-state index is 12.7. The largest absolute Gasteiger partial charge is 0.375 e. The van der Waals surface area contributed by atoms with Crippen molar-refractivity contribution in [2.75, 3.05) is 11.4 Å². The van der Waals surface area contributed by atoms with E-state index in [0.717, 1.165) is 0 Å². The van der Waals surface area contributed by atoms with E-state index in [-0.39, 0.29) is 11.8 Å². The normalized spacial score (nSPS) is 20.3. The van der Waals surface area contributed by atoms with Crippen LogP contribution in [0.4, 0.5) is 5.69 Å². The molecule has 1 aromatic heterocycles. The lowest BCUT2D eigenvalue weighted by molar-refractivity contribution is -0.136. The average molecular weight is 319 g/mol. The van der Waals surface area contributed by atoms with Gasteiger partial charge in [0.2, 0.25) is 0 Å². The smallest absolute Gasteiger partial charge is 0.264 e. The van der Waals surface area contributed by atoms with Gasteiger partial charge in [0.05, 0.1) is 5.69 Å². The zero-order valence-corrected chi connectivity index (χ0v) is 12.7. The molecule has 5 nitrogen and oxygen atoms in total. The molecule has 2 heterocycles. The molecule has 1 aliphatic heterocycles. The number of aromatic nitrogens is 1. The van der Waals surface area contributed by atoms with E-state index >= 15 is 0 Å². The number of anilines is 1. The molecule has 0 radical (unpaired) electrons. The van der Waals surface area contributed by atoms with Crippen molar-refractivity contribution in [1.29, 1.82) is 0 Å². The Morgan fingerprint density at radius 1 is 1.27 bits per heavy atom. The number of pyridine rings is 1. The summed E-state index contributed by atoms with van der Waals surface area (Å²) in [5.74, 6) is -0.406. The van der Waals surface area contributed by atoms with Gasteiger partial charge in [-0.2, -0.15) is 0 Å². The van der Waals surface area contributed by atoms with E-state index in [1.165, 1.54) is 23.2 Å². The first-order chi connectivity index (χ1) is 10.5. The molecule has 0 aliphatic carbocycles. The first-order valence-electron chi connectivity index (χ1n) is 6.97. The third kappa shape index (κ3) is 2.23. The first-order valence-corrected chi connectivity index (χ1v) is 7.35. The van der Waals surface area contributed by atoms with Crippen LogP contribution in [-0.4, -0.2) is 22.5 Å². The summed E-state index contributed by atoms with van der Waals surface area (Å²) in [6.07, 6.45) is 1.49. The van der Waals surface area contributed by atoms with Crippen molar-refractivity contribution < 1.29 is 9.90 Å². The van der Waals surface area contributed by atoms with Gasteiger partial charge in [0, 0.05) is 47.6 Å². The summed E-state index contributed by atoms with van der Waals surface area (Å²) in [7, 11) is 0. The molecule has 3 rings (SSSR count). The molecule has 6 heteroatoms. The summed E-state index contributed by atoms with van der Waals surface area (Å²) in [5.41, 5.74) is -0.288. The molecule has 0 bridgehead atoms. The minimum absolute atomic E-state index is 0.00818. The first kappa shape index (κ1) is 14.8. The number of fused-ring (bicyclic) bond motifs is 1. The molecule has 1 unspecified atom stereocenters. The third-order valence-corrected chi connectivity index (χ3v) is 4.12. The molecule has 22 heavy (non-hydrogen) atoms. The van der Waals surface area contributed by atoms with Crippen molar-refractivity contribution in [1.82, 2.24) is 4.98 Å². The Morgan fingerprint density at radius 2 is 2.05 bits per heavy atom. The fraction of sp³-hybridized carbons (Fsp3) is 0.250. The number of amides is 1. The summed E-state index contributed by atoms with van der Waals surface area (Å²) in [5, 5.41) is 11.5. The summed E-state index contributed by atoms with van der Waals surface area (Å²) in [6, 6.07) is 7.78. The zero-order valence-electron chi connectivity index (χ0n) is 12.0. The van der Waals surface area contributed by atoms with Crippen LogP contribution < -0.4 is 10.3 Å². The average Bonchev–Trinajstić information content (AvgIpc) is 2.68. The fourth-order valence-electron chi connectivity index (χ4n) is 2.88. The van der Waals surface area contributed by atoms with E-state index in [1.54, 1.807) is 18.2 Å². The van der Waals surface area contributed by atoms with Crippen molar-refractivity contribution in [2.24, 2.45) is 0 Å². The summed E-state index contributed by atoms with van der Waals surface area (Å²) < 4.78 is 0. The van der Waals surface area contributed by atoms with Crippen molar-refractivity contribution in [3.63, 3.8) is 0 Å². The highest BCUT2D eigenvalue weighted by Gasteiger charge is 2.49. The van der Waals surface area contributed by atoms with Crippen molar-refractivity contribution in [2.45, 2.75) is 18.9 Å². The number of carbonyl (C=O) groups excluding carboxylic acids is 1. The minimum Gasteiger partial charge on any atom is -0.375 e. The van der Waals surface area contributed by atoms with Gasteiger partial charge >= 0.3 is 0 Å². The number of hydrogen-bond acceptors (Lipinski definition) is 3. The third-order valence-electron chi connectivity index (χ3n) is 3.89. The molecule has 1 aliphatic rings. The molecule has 1 aromatic carbocycles. The van der Waals surface area contributed by atoms with Crippen LogP contribution in [0.5, 0.6) is 0 Å². The summed E-state index contributed by atoms with van der Waals surface area (Å²) in [4.78, 5) is 28.5. The van der Waals surface area contributed by atoms with Crippen LogP contribution in [0.25, 0.3) is 0 Å². The van der Waals surface area contributed by atoms with Crippen LogP contribution in [0.3, 0.4) is 0 Å². The Bertz CT molecular complexity index is 802. The Hall–Kier alpha value is -2.11. The lowest BCUT2D eigenvalue weighted by atomic mass is 9.90. The van der Waals surface area contributed by atoms with E-state index in [2.05, 4.69) is 4.98 Å². The monoisotopic (exact) mass is 318 g/mol. The second-order valence-corrected chi connectivity index (χ2v) is 5.73. The number of benzene rings is 1. The Morgan fingerprint density at radius 3 is 2.73 bits per heavy atom. The lowest BCUT2D eigenvalue weighted by Gasteiger charge is -2.22. The molecule has 0 saturated carbocycles. The molecular formula is C16H15ClN2O3. The number of nitrogens with zero attached hydrogens (tertiary/aromatic N) is 1. The minimum atomic E-state index is -1.72. The van der Waals surface area contributed by atoms with E-state index in [4.69, 9.17) is 11.6 Å². The van der Waals surface area contributed by atoms with E-state index in [9.17, 15) is 14.7 Å². The maximum Gasteiger partial charge on any atom is 0.264 e. The Balaban J connectivity index is 2.11. The second kappa shape index (κ2) is 5.26. The number of aromatic amines is 1. The highest BCUT2D eigenvalue weighted by atomic mass is 35.5. The van der Waals surface area contributed by atoms with Crippen molar-refractivity contribution in [3.8, 4) is 0 Å². The maximum absolute atomic E-state index is 12.7. The van der Waals surface area contributed by atoms with Crippen molar-refractivity contribution in [3.05, 3.63) is 63.0 Å². The van der Waals surface area contributed by atoms with Crippen LogP contribution in [0.15, 0.2) is 41.3 Å². The number of hydrogen-bond donors (Lipinski definition) is 2. The van der Waals surface area contributed by atoms with Crippen LogP contribution in [0.2, 0.25) is 5.02 Å². The van der Waals surface area contributed by atoms with Gasteiger partial charge in [0.15, 0.2) is 11.0 Å². The second-order valence-electron chi connectivity index (χ2n) is 5.30. The number of rotatable bonds is 3. The van der Waals surface area contributed by atoms with Crippen LogP contribution in [0, 0.1) is 0 Å². The summed E-state index contributed by atoms with van der Waals surface area (Å²) in [6.45, 7) is 2.29. The van der Waals surface area contributed by atoms with E-state index in [0.29, 0.717) is 28.5 Å². The number of likely N-dealkylation sites (N-methyl/N-ethyl adjacent to an activating group) is 1. The summed E-state index contributed by atoms with van der Waals surface area (Å²) >= 11 is 6.02. The molecular weight excluding hydrogens is 304 g/mol. The highest BCUT2D eigenvalue weighted by molar-refractivity contribution is 6.31. The molecule has 2 N–H and O–H groups in total. The Kier molecular flexibility index (Phi) is 3.54. The van der Waals surface area contributed by atoms with Gasteiger partial charge in [-0.15, -0.1) is 0 Å². The van der Waals surface area contributed by atoms with Gasteiger partial charge in [0.1, 0.15) is 0 Å². The van der Waals surface area contributed by atoms with Gasteiger partial charge in [-0.3, -0.25) is 9.59 Å². The molecule has 0 spiro atoms. The zero-order chi connectivity index (χ0) is 15.9. The van der Waals surface area contributed by atoms with E-state index < -0.39 is 11.5 Å². The van der Waals surface area contributed by atoms with E-state index in [1.807, 2.05) is 6.92 Å². The SMILES string of the molecule is CCN1C(=O)C(O)(Cc2cc(=O)cc[nH]2)c2cc(Cl)ccc21. The number of halogens is 1. The molecule has 1 atom stereocenters. The number of carbonyl (C=O) groups is 1. The number of nitrogens with one attached hydrogen (secondary N) is 1. The standard InChI is InChI=1S/C16H15ClN2O3/c1-2-19-14-4-3-10(17)7-13(14)16(22,15(19)21)9-11-8-12(20)5-6-18-11/h3-8,22H,2,9H2,1H3,(H,18,20). The highest BCUT2D eigenvalue weighted by Crippen LogP contribution is 2.43. The van der Waals surface area contributed by atoms with Gasteiger partial charge < -0.3 is 15.0 Å². The topological polar surface area (TPSA) is 73.4 Å². The molecule has 2 aromatic rings. The van der Waals surface area contributed by atoms with Crippen LogP contribution in [-0.2, 0) is 16.8 Å². The molecule has 1 amide bonds. The van der Waals surface area contributed by atoms with Gasteiger partial charge in [-0.25, -0.2) is 0 Å². The Labute approximate surface area is 132 Å². The van der Waals surface area contributed by atoms with Gasteiger partial charge in [-0.1, -0.05) is 11.6 Å². The number of aliphatic hydroxyl groups is 1. The molecule has 114 valence electrons. The van der Waals surface area contributed by atoms with Gasteiger partial charge in [-0.05, 0) is 25.1 Å². The van der Waals surface area contributed by atoms with Crippen LogP contribution in [0.1, 0.15) is 18.2 Å². The molecule has 0 fully saturated rings. The molecule has 0 saturated heterocycles. The predicted octanol–water partition coefficient (Wildman–Crippen LogP) is 1.83.